The Bertz CT molecular complexity index is 1080. The second-order valence-electron chi connectivity index (χ2n) is 7.85. The van der Waals surface area contributed by atoms with E-state index in [1.165, 1.54) is 5.56 Å². The summed E-state index contributed by atoms with van der Waals surface area (Å²) in [4.78, 5) is 17.8. The molecule has 1 saturated heterocycles. The molecule has 1 heterocycles. The summed E-state index contributed by atoms with van der Waals surface area (Å²) in [6.07, 6.45) is 6.26. The Morgan fingerprint density at radius 3 is 2.12 bits per heavy atom. The molecule has 4 heteroatoms. The zero-order valence-corrected chi connectivity index (χ0v) is 18.8. The van der Waals surface area contributed by atoms with Crippen molar-refractivity contribution in [1.29, 1.82) is 0 Å². The second-order valence-corrected chi connectivity index (χ2v) is 8.26. The summed E-state index contributed by atoms with van der Waals surface area (Å²) < 4.78 is 0. The van der Waals surface area contributed by atoms with E-state index in [0.29, 0.717) is 23.7 Å². The Labute approximate surface area is 195 Å². The molecule has 4 rings (SSSR count). The average Bonchev–Trinajstić information content (AvgIpc) is 2.85. The van der Waals surface area contributed by atoms with Gasteiger partial charge in [0, 0.05) is 43.3 Å². The predicted molar refractivity (Wildman–Crippen MR) is 134 cm³/mol. The van der Waals surface area contributed by atoms with Gasteiger partial charge in [0.1, 0.15) is 0 Å². The summed E-state index contributed by atoms with van der Waals surface area (Å²) in [6.45, 7) is 4.03. The Morgan fingerprint density at radius 1 is 0.812 bits per heavy atom. The lowest BCUT2D eigenvalue weighted by Gasteiger charge is -2.34. The first-order valence-electron chi connectivity index (χ1n) is 11.0. The maximum Gasteiger partial charge on any atom is 0.254 e. The topological polar surface area (TPSA) is 23.6 Å². The number of halogens is 1. The van der Waals surface area contributed by atoms with Crippen LogP contribution in [0.2, 0.25) is 5.02 Å². The van der Waals surface area contributed by atoms with Gasteiger partial charge in [-0.2, -0.15) is 0 Å². The van der Waals surface area contributed by atoms with E-state index in [-0.39, 0.29) is 5.91 Å². The smallest absolute Gasteiger partial charge is 0.254 e. The van der Waals surface area contributed by atoms with Crippen molar-refractivity contribution in [3.8, 4) is 0 Å². The van der Waals surface area contributed by atoms with E-state index in [9.17, 15) is 4.79 Å². The lowest BCUT2D eigenvalue weighted by atomic mass is 10.0. The van der Waals surface area contributed by atoms with Gasteiger partial charge in [0.25, 0.3) is 5.91 Å². The molecule has 1 aliphatic rings. The highest BCUT2D eigenvalue weighted by Gasteiger charge is 2.24. The average molecular weight is 443 g/mol. The van der Waals surface area contributed by atoms with Crippen molar-refractivity contribution in [1.82, 2.24) is 9.80 Å². The van der Waals surface area contributed by atoms with Crippen LogP contribution in [-0.2, 0) is 4.79 Å². The fourth-order valence-corrected chi connectivity index (χ4v) is 4.03. The van der Waals surface area contributed by atoms with Crippen LogP contribution in [0.5, 0.6) is 0 Å². The predicted octanol–water partition coefficient (Wildman–Crippen LogP) is 5.74. The summed E-state index contributed by atoms with van der Waals surface area (Å²) in [5.41, 5.74) is 3.64. The van der Waals surface area contributed by atoms with Crippen molar-refractivity contribution in [2.75, 3.05) is 32.7 Å². The lowest BCUT2D eigenvalue weighted by Crippen LogP contribution is -2.48. The molecule has 0 spiro atoms. The fraction of sp³-hybridized carbons (Fsp3) is 0.179. The molecule has 1 amide bonds. The van der Waals surface area contributed by atoms with Crippen LogP contribution in [0.25, 0.3) is 17.7 Å². The molecule has 0 atom stereocenters. The van der Waals surface area contributed by atoms with Gasteiger partial charge < -0.3 is 4.90 Å². The Hall–Kier alpha value is -3.14. The minimum atomic E-state index is 0.0515. The molecule has 0 radical (unpaired) electrons. The third kappa shape index (κ3) is 5.76. The maximum atomic E-state index is 13.5. The second kappa shape index (κ2) is 10.9. The van der Waals surface area contributed by atoms with E-state index in [1.807, 2.05) is 83.8 Å². The van der Waals surface area contributed by atoms with Crippen LogP contribution in [0.15, 0.2) is 91.0 Å². The summed E-state index contributed by atoms with van der Waals surface area (Å²) >= 11 is 6.38. The maximum absolute atomic E-state index is 13.5. The molecule has 162 valence electrons. The molecule has 0 N–H and O–H groups in total. The van der Waals surface area contributed by atoms with Crippen molar-refractivity contribution < 1.29 is 4.79 Å². The van der Waals surface area contributed by atoms with Gasteiger partial charge in [-0.1, -0.05) is 103 Å². The van der Waals surface area contributed by atoms with Crippen molar-refractivity contribution in [2.24, 2.45) is 0 Å². The summed E-state index contributed by atoms with van der Waals surface area (Å²) in [5, 5.41) is 0.642. The number of piperazine rings is 1. The molecule has 0 bridgehead atoms. The van der Waals surface area contributed by atoms with Crippen molar-refractivity contribution in [3.05, 3.63) is 113 Å². The van der Waals surface area contributed by atoms with E-state index >= 15 is 0 Å². The van der Waals surface area contributed by atoms with Crippen molar-refractivity contribution in [3.63, 3.8) is 0 Å². The molecule has 3 aromatic carbocycles. The molecule has 1 aliphatic heterocycles. The summed E-state index contributed by atoms with van der Waals surface area (Å²) in [5.74, 6) is 0.0515. The SMILES string of the molecule is O=C(/C(=C/c1ccccc1Cl)c1ccccc1)N1CCN(C/C=C/c2ccccc2)CC1. The third-order valence-corrected chi connectivity index (χ3v) is 6.00. The molecular weight excluding hydrogens is 416 g/mol. The zero-order chi connectivity index (χ0) is 22.2. The lowest BCUT2D eigenvalue weighted by molar-refractivity contribution is -0.126. The van der Waals surface area contributed by atoms with Gasteiger partial charge >= 0.3 is 0 Å². The molecular formula is C28H27ClN2O. The highest BCUT2D eigenvalue weighted by Crippen LogP contribution is 2.25. The first-order chi connectivity index (χ1) is 15.7. The van der Waals surface area contributed by atoms with E-state index in [0.717, 1.165) is 30.8 Å². The molecule has 3 aromatic rings. The van der Waals surface area contributed by atoms with Gasteiger partial charge in [0.05, 0.1) is 0 Å². The fourth-order valence-electron chi connectivity index (χ4n) is 3.84. The number of amides is 1. The van der Waals surface area contributed by atoms with Crippen molar-refractivity contribution >= 4 is 35.2 Å². The Balaban J connectivity index is 1.43. The van der Waals surface area contributed by atoms with Crippen LogP contribution in [-0.4, -0.2) is 48.4 Å². The molecule has 3 nitrogen and oxygen atoms in total. The summed E-state index contributed by atoms with van der Waals surface area (Å²) in [6, 6.07) is 27.8. The van der Waals surface area contributed by atoms with E-state index in [4.69, 9.17) is 11.6 Å². The number of nitrogens with zero attached hydrogens (tertiary/aromatic N) is 2. The van der Waals surface area contributed by atoms with E-state index in [1.54, 1.807) is 0 Å². The quantitative estimate of drug-likeness (QED) is 0.359. The van der Waals surface area contributed by atoms with Gasteiger partial charge in [0.15, 0.2) is 0 Å². The largest absolute Gasteiger partial charge is 0.336 e. The number of hydrogen-bond acceptors (Lipinski definition) is 2. The molecule has 0 saturated carbocycles. The third-order valence-electron chi connectivity index (χ3n) is 5.65. The van der Waals surface area contributed by atoms with E-state index < -0.39 is 0 Å². The number of rotatable bonds is 6. The Kier molecular flexibility index (Phi) is 7.55. The van der Waals surface area contributed by atoms with Crippen LogP contribution in [0, 0.1) is 0 Å². The van der Waals surface area contributed by atoms with Crippen LogP contribution in [0.1, 0.15) is 16.7 Å². The van der Waals surface area contributed by atoms with Gasteiger partial charge in [-0.15, -0.1) is 0 Å². The van der Waals surface area contributed by atoms with Gasteiger partial charge in [-0.05, 0) is 28.8 Å². The molecule has 0 unspecified atom stereocenters. The molecule has 0 aliphatic carbocycles. The first kappa shape index (κ1) is 22.1. The number of hydrogen-bond donors (Lipinski definition) is 0. The highest BCUT2D eigenvalue weighted by molar-refractivity contribution is 6.33. The van der Waals surface area contributed by atoms with Crippen LogP contribution in [0.4, 0.5) is 0 Å². The van der Waals surface area contributed by atoms with Gasteiger partial charge in [0.2, 0.25) is 0 Å². The van der Waals surface area contributed by atoms with Crippen LogP contribution in [0.3, 0.4) is 0 Å². The normalized spacial score (nSPS) is 15.3. The van der Waals surface area contributed by atoms with Crippen molar-refractivity contribution in [2.45, 2.75) is 0 Å². The molecule has 0 aromatic heterocycles. The number of benzene rings is 3. The van der Waals surface area contributed by atoms with Gasteiger partial charge in [-0.3, -0.25) is 9.69 Å². The molecule has 32 heavy (non-hydrogen) atoms. The monoisotopic (exact) mass is 442 g/mol. The Morgan fingerprint density at radius 2 is 1.44 bits per heavy atom. The highest BCUT2D eigenvalue weighted by atomic mass is 35.5. The minimum Gasteiger partial charge on any atom is -0.336 e. The van der Waals surface area contributed by atoms with Gasteiger partial charge in [-0.25, -0.2) is 0 Å². The standard InChI is InChI=1S/C28H27ClN2O/c29-27-16-8-7-15-25(27)22-26(24-13-5-2-6-14-24)28(32)31-20-18-30(19-21-31)17-9-12-23-10-3-1-4-11-23/h1-16,22H,17-21H2/b12-9+,26-22+. The summed E-state index contributed by atoms with van der Waals surface area (Å²) in [7, 11) is 0. The van der Waals surface area contributed by atoms with E-state index in [2.05, 4.69) is 29.2 Å². The number of carbonyl (C=O) groups is 1. The number of carbonyl (C=O) groups excluding carboxylic acids is 1. The molecule has 1 fully saturated rings. The van der Waals surface area contributed by atoms with Crippen LogP contribution >= 0.6 is 11.6 Å². The first-order valence-corrected chi connectivity index (χ1v) is 11.3. The zero-order valence-electron chi connectivity index (χ0n) is 18.0. The van der Waals surface area contributed by atoms with Crippen LogP contribution < -0.4 is 0 Å². The minimum absolute atomic E-state index is 0.0515.